The number of amides is 1. The van der Waals surface area contributed by atoms with Crippen molar-refractivity contribution in [2.45, 2.75) is 6.54 Å². The number of halogens is 3. The van der Waals surface area contributed by atoms with Gasteiger partial charge in [-0.05, 0) is 35.9 Å². The maximum absolute atomic E-state index is 12.7. The van der Waals surface area contributed by atoms with E-state index in [1.165, 1.54) is 0 Å². The Morgan fingerprint density at radius 1 is 0.900 bits per heavy atom. The fourth-order valence-corrected chi connectivity index (χ4v) is 3.36. The molecule has 3 aromatic carbocycles. The van der Waals surface area contributed by atoms with E-state index in [2.05, 4.69) is 15.4 Å². The third-order valence-corrected chi connectivity index (χ3v) is 5.31. The van der Waals surface area contributed by atoms with Gasteiger partial charge in [0.25, 0.3) is 5.91 Å². The fraction of sp³-hybridized carbons (Fsp3) is 0.0455. The summed E-state index contributed by atoms with van der Waals surface area (Å²) in [4.78, 5) is 17.2. The third kappa shape index (κ3) is 4.49. The smallest absolute Gasteiger partial charge is 0.291 e. The number of rotatable bonds is 5. The average molecular weight is 458 g/mol. The maximum atomic E-state index is 12.7. The van der Waals surface area contributed by atoms with Crippen LogP contribution in [0.1, 0.15) is 16.2 Å². The number of hydrogen-bond acceptors (Lipinski definition) is 3. The van der Waals surface area contributed by atoms with Crippen molar-refractivity contribution in [2.24, 2.45) is 0 Å². The summed E-state index contributed by atoms with van der Waals surface area (Å²) in [5.74, 6) is 0.105. The Kier molecular flexibility index (Phi) is 6.04. The minimum absolute atomic E-state index is 0.0342. The van der Waals surface area contributed by atoms with E-state index in [1.54, 1.807) is 41.1 Å². The molecule has 0 unspecified atom stereocenters. The minimum Gasteiger partial charge on any atom is -0.345 e. The Hall–Kier alpha value is -2.86. The van der Waals surface area contributed by atoms with Crippen LogP contribution in [0, 0.1) is 0 Å². The molecule has 0 radical (unpaired) electrons. The highest BCUT2D eigenvalue weighted by Crippen LogP contribution is 2.28. The van der Waals surface area contributed by atoms with Gasteiger partial charge in [-0.15, -0.1) is 5.10 Å². The van der Waals surface area contributed by atoms with Crippen molar-refractivity contribution in [2.75, 3.05) is 0 Å². The monoisotopic (exact) mass is 456 g/mol. The van der Waals surface area contributed by atoms with Gasteiger partial charge in [-0.2, -0.15) is 0 Å². The van der Waals surface area contributed by atoms with Gasteiger partial charge < -0.3 is 5.32 Å². The molecule has 30 heavy (non-hydrogen) atoms. The number of benzene rings is 3. The molecular weight excluding hydrogens is 443 g/mol. The van der Waals surface area contributed by atoms with E-state index in [0.717, 1.165) is 5.56 Å². The van der Waals surface area contributed by atoms with Gasteiger partial charge in [0.05, 0.1) is 15.7 Å². The molecule has 1 aromatic heterocycles. The standard InChI is InChI=1S/C22H15Cl3N4O/c23-16-8-4-7-15(11-16)21-27-20(22(30)26-13-14-5-2-1-3-6-14)28-29(21)17-9-10-18(24)19(25)12-17/h1-12H,13H2,(H,26,30). The van der Waals surface area contributed by atoms with Gasteiger partial charge in [0, 0.05) is 17.1 Å². The summed E-state index contributed by atoms with van der Waals surface area (Å²) in [6, 6.07) is 21.9. The summed E-state index contributed by atoms with van der Waals surface area (Å²) in [5, 5.41) is 8.60. The third-order valence-electron chi connectivity index (χ3n) is 4.34. The van der Waals surface area contributed by atoms with Crippen LogP contribution in [0.15, 0.2) is 72.8 Å². The lowest BCUT2D eigenvalue weighted by atomic mass is 10.2. The molecule has 8 heteroatoms. The molecule has 0 atom stereocenters. The van der Waals surface area contributed by atoms with E-state index in [1.807, 2.05) is 36.4 Å². The molecule has 0 saturated carbocycles. The van der Waals surface area contributed by atoms with Crippen molar-refractivity contribution in [3.8, 4) is 17.1 Å². The van der Waals surface area contributed by atoms with E-state index in [9.17, 15) is 4.79 Å². The Bertz CT molecular complexity index is 1210. The Labute approximate surface area is 188 Å². The topological polar surface area (TPSA) is 59.8 Å². The van der Waals surface area contributed by atoms with Crippen LogP contribution in [0.25, 0.3) is 17.1 Å². The number of carbonyl (C=O) groups excluding carboxylic acids is 1. The molecule has 150 valence electrons. The molecular formula is C22H15Cl3N4O. The second kappa shape index (κ2) is 8.88. The summed E-state index contributed by atoms with van der Waals surface area (Å²) in [5.41, 5.74) is 2.31. The fourth-order valence-electron chi connectivity index (χ4n) is 2.88. The van der Waals surface area contributed by atoms with Crippen LogP contribution in [0.2, 0.25) is 15.1 Å². The zero-order valence-corrected chi connectivity index (χ0v) is 17.8. The van der Waals surface area contributed by atoms with Gasteiger partial charge >= 0.3 is 0 Å². The molecule has 0 spiro atoms. The van der Waals surface area contributed by atoms with E-state index in [0.29, 0.717) is 38.7 Å². The Balaban J connectivity index is 1.71. The molecule has 0 aliphatic heterocycles. The molecule has 4 aromatic rings. The molecule has 0 fully saturated rings. The van der Waals surface area contributed by atoms with Gasteiger partial charge in [-0.3, -0.25) is 4.79 Å². The van der Waals surface area contributed by atoms with Crippen LogP contribution in [-0.2, 0) is 6.54 Å². The molecule has 0 bridgehead atoms. The Morgan fingerprint density at radius 2 is 1.70 bits per heavy atom. The van der Waals surface area contributed by atoms with Gasteiger partial charge in [0.2, 0.25) is 5.82 Å². The van der Waals surface area contributed by atoms with E-state index >= 15 is 0 Å². The highest BCUT2D eigenvalue weighted by Gasteiger charge is 2.19. The number of carbonyl (C=O) groups is 1. The summed E-state index contributed by atoms with van der Waals surface area (Å²) < 4.78 is 1.55. The molecule has 5 nitrogen and oxygen atoms in total. The first-order valence-electron chi connectivity index (χ1n) is 9.02. The highest BCUT2D eigenvalue weighted by molar-refractivity contribution is 6.42. The van der Waals surface area contributed by atoms with E-state index in [4.69, 9.17) is 34.8 Å². The number of aromatic nitrogens is 3. The minimum atomic E-state index is -0.388. The summed E-state index contributed by atoms with van der Waals surface area (Å²) >= 11 is 18.4. The summed E-state index contributed by atoms with van der Waals surface area (Å²) in [6.07, 6.45) is 0. The zero-order chi connectivity index (χ0) is 21.1. The van der Waals surface area contributed by atoms with Gasteiger partial charge in [-0.1, -0.05) is 77.3 Å². The summed E-state index contributed by atoms with van der Waals surface area (Å²) in [7, 11) is 0. The SMILES string of the molecule is O=C(NCc1ccccc1)c1nc(-c2cccc(Cl)c2)n(-c2ccc(Cl)c(Cl)c2)n1. The van der Waals surface area contributed by atoms with Crippen LogP contribution >= 0.6 is 34.8 Å². The van der Waals surface area contributed by atoms with E-state index in [-0.39, 0.29) is 11.7 Å². The van der Waals surface area contributed by atoms with Gasteiger partial charge in [-0.25, -0.2) is 9.67 Å². The van der Waals surface area contributed by atoms with Crippen LogP contribution in [-0.4, -0.2) is 20.7 Å². The lowest BCUT2D eigenvalue weighted by molar-refractivity contribution is 0.0940. The molecule has 1 N–H and O–H groups in total. The van der Waals surface area contributed by atoms with Crippen LogP contribution in [0.3, 0.4) is 0 Å². The molecule has 0 aliphatic carbocycles. The number of hydrogen-bond donors (Lipinski definition) is 1. The molecule has 1 heterocycles. The van der Waals surface area contributed by atoms with Crippen molar-refractivity contribution in [1.29, 1.82) is 0 Å². The van der Waals surface area contributed by atoms with Crippen molar-refractivity contribution in [3.05, 3.63) is 99.3 Å². The quantitative estimate of drug-likeness (QED) is 0.410. The van der Waals surface area contributed by atoms with Crippen molar-refractivity contribution in [3.63, 3.8) is 0 Å². The maximum Gasteiger partial charge on any atom is 0.291 e. The predicted octanol–water partition coefficient (Wildman–Crippen LogP) is 5.82. The first kappa shape index (κ1) is 20.4. The van der Waals surface area contributed by atoms with Crippen LogP contribution in [0.5, 0.6) is 0 Å². The van der Waals surface area contributed by atoms with Crippen molar-refractivity contribution < 1.29 is 4.79 Å². The van der Waals surface area contributed by atoms with Crippen LogP contribution < -0.4 is 5.32 Å². The van der Waals surface area contributed by atoms with Crippen molar-refractivity contribution in [1.82, 2.24) is 20.1 Å². The Morgan fingerprint density at radius 3 is 2.43 bits per heavy atom. The van der Waals surface area contributed by atoms with E-state index < -0.39 is 0 Å². The first-order valence-corrected chi connectivity index (χ1v) is 10.2. The number of nitrogens with one attached hydrogen (secondary N) is 1. The summed E-state index contributed by atoms with van der Waals surface area (Å²) in [6.45, 7) is 0.369. The lowest BCUT2D eigenvalue weighted by Crippen LogP contribution is -2.24. The van der Waals surface area contributed by atoms with Gasteiger partial charge in [0.1, 0.15) is 0 Å². The second-order valence-corrected chi connectivity index (χ2v) is 7.70. The largest absolute Gasteiger partial charge is 0.345 e. The normalized spacial score (nSPS) is 10.8. The average Bonchev–Trinajstić information content (AvgIpc) is 3.20. The van der Waals surface area contributed by atoms with Gasteiger partial charge in [0.15, 0.2) is 5.82 Å². The molecule has 0 aliphatic rings. The second-order valence-electron chi connectivity index (χ2n) is 6.45. The lowest BCUT2D eigenvalue weighted by Gasteiger charge is -2.07. The predicted molar refractivity (Wildman–Crippen MR) is 119 cm³/mol. The number of nitrogens with zero attached hydrogens (tertiary/aromatic N) is 3. The first-order chi connectivity index (χ1) is 14.5. The molecule has 4 rings (SSSR count). The molecule has 1 amide bonds. The van der Waals surface area contributed by atoms with Crippen LogP contribution in [0.4, 0.5) is 0 Å². The highest BCUT2D eigenvalue weighted by atomic mass is 35.5. The zero-order valence-electron chi connectivity index (χ0n) is 15.5. The van der Waals surface area contributed by atoms with Crippen molar-refractivity contribution >= 4 is 40.7 Å². The molecule has 0 saturated heterocycles.